The molecule has 3 atom stereocenters. The van der Waals surface area contributed by atoms with Gasteiger partial charge in [-0.25, -0.2) is 12.1 Å². The molecule has 152 valence electrons. The molecule has 8 heteroatoms. The van der Waals surface area contributed by atoms with Gasteiger partial charge in [-0.1, -0.05) is 6.92 Å². The van der Waals surface area contributed by atoms with Crippen molar-refractivity contribution in [1.82, 2.24) is 4.90 Å². The van der Waals surface area contributed by atoms with E-state index < -0.39 is 24.1 Å². The molecule has 0 radical (unpaired) electrons. The summed E-state index contributed by atoms with van der Waals surface area (Å²) >= 11 is 0. The molecule has 26 heavy (non-hydrogen) atoms. The van der Waals surface area contributed by atoms with E-state index in [1.807, 2.05) is 30.3 Å². The van der Waals surface area contributed by atoms with E-state index in [0.29, 0.717) is 6.04 Å². The second-order valence-electron chi connectivity index (χ2n) is 5.35. The summed E-state index contributed by atoms with van der Waals surface area (Å²) in [5, 5.41) is 35.7. The van der Waals surface area contributed by atoms with E-state index in [-0.39, 0.29) is 17.1 Å². The van der Waals surface area contributed by atoms with E-state index >= 15 is 0 Å². The second-order valence-corrected chi connectivity index (χ2v) is 5.35. The van der Waals surface area contributed by atoms with Crippen LogP contribution >= 0.6 is 0 Å². The van der Waals surface area contributed by atoms with Gasteiger partial charge in [0.1, 0.15) is 12.2 Å². The van der Waals surface area contributed by atoms with Crippen LogP contribution in [0.3, 0.4) is 0 Å². The molecule has 0 fully saturated rings. The maximum atomic E-state index is 9.63. The van der Waals surface area contributed by atoms with Crippen molar-refractivity contribution in [2.75, 3.05) is 14.1 Å². The molecule has 2 rings (SSSR count). The van der Waals surface area contributed by atoms with Gasteiger partial charge in [0, 0.05) is 17.1 Å². The van der Waals surface area contributed by atoms with Crippen LogP contribution in [0.2, 0.25) is 0 Å². The van der Waals surface area contributed by atoms with Gasteiger partial charge in [-0.2, -0.15) is 12.1 Å². The molecule has 0 bridgehead atoms. The molecule has 0 aliphatic carbocycles. The normalized spacial score (nSPS) is 13.0. The van der Waals surface area contributed by atoms with E-state index in [4.69, 9.17) is 10.2 Å². The van der Waals surface area contributed by atoms with Crippen LogP contribution in [0.4, 0.5) is 0 Å². The van der Waals surface area contributed by atoms with Crippen LogP contribution in [0.1, 0.15) is 18.5 Å². The molecule has 0 spiro atoms. The minimum atomic E-state index is -2.44. The maximum absolute atomic E-state index is 9.63. The van der Waals surface area contributed by atoms with E-state index in [9.17, 15) is 19.8 Å². The number of nitrogens with zero attached hydrogens (tertiary/aromatic N) is 1. The first-order valence-electron chi connectivity index (χ1n) is 7.51. The van der Waals surface area contributed by atoms with Gasteiger partial charge >= 0.3 is 0 Å². The average molecular weight is 405 g/mol. The first-order chi connectivity index (χ1) is 11.7. The monoisotopic (exact) mass is 405 g/mol. The Morgan fingerprint density at radius 1 is 0.923 bits per heavy atom. The Morgan fingerprint density at radius 2 is 1.23 bits per heavy atom. The number of aliphatic hydroxyl groups excluding tert-OH is 2. The van der Waals surface area contributed by atoms with Crippen LogP contribution in [0, 0.1) is 0 Å². The SMILES string of the molecule is CC([c-]1cccc1)N(C)C.O=C([O-])C(O)C(O)C(=O)[O-].[Fe].[cH-]1[cH-][cH-][cH-][cH-]1. The van der Waals surface area contributed by atoms with Gasteiger partial charge in [-0.3, -0.25) is 0 Å². The van der Waals surface area contributed by atoms with Gasteiger partial charge in [0.2, 0.25) is 0 Å². The molecular formula is C18H23FeNO6-8. The molecule has 0 saturated carbocycles. The van der Waals surface area contributed by atoms with Crippen LogP contribution in [-0.2, 0) is 26.7 Å². The molecule has 7 nitrogen and oxygen atoms in total. The van der Waals surface area contributed by atoms with Crippen molar-refractivity contribution in [2.45, 2.75) is 25.2 Å². The Balaban J connectivity index is 0. The quantitative estimate of drug-likeness (QED) is 0.465. The zero-order chi connectivity index (χ0) is 19.4. The van der Waals surface area contributed by atoms with Crippen molar-refractivity contribution >= 4 is 11.9 Å². The summed E-state index contributed by atoms with van der Waals surface area (Å²) in [6, 6.07) is 19.0. The largest absolute Gasteiger partial charge is 0.748 e. The number of rotatable bonds is 5. The summed E-state index contributed by atoms with van der Waals surface area (Å²) in [7, 11) is 4.19. The topological polar surface area (TPSA) is 124 Å². The third-order valence-corrected chi connectivity index (χ3v) is 3.28. The zero-order valence-corrected chi connectivity index (χ0v) is 15.9. The second kappa shape index (κ2) is 14.2. The smallest absolute Gasteiger partial charge is 0.124 e. The number of carboxylic acids is 2. The number of carboxylic acid groups (broad SMARTS) is 2. The van der Waals surface area contributed by atoms with Crippen molar-refractivity contribution in [2.24, 2.45) is 0 Å². The average Bonchev–Trinajstić information content (AvgIpc) is 3.28. The summed E-state index contributed by atoms with van der Waals surface area (Å²) < 4.78 is 0. The van der Waals surface area contributed by atoms with E-state index in [2.05, 4.69) is 50.2 Å². The van der Waals surface area contributed by atoms with Gasteiger partial charge in [-0.15, -0.1) is 5.56 Å². The number of aliphatic hydroxyl groups is 2. The molecule has 0 saturated heterocycles. The van der Waals surface area contributed by atoms with Crippen molar-refractivity contribution in [3.8, 4) is 0 Å². The van der Waals surface area contributed by atoms with E-state index in [1.165, 1.54) is 5.56 Å². The molecule has 0 heterocycles. The van der Waals surface area contributed by atoms with Crippen LogP contribution in [0.5, 0.6) is 0 Å². The molecule has 0 aliphatic rings. The van der Waals surface area contributed by atoms with Gasteiger partial charge in [0.15, 0.2) is 0 Å². The van der Waals surface area contributed by atoms with Crippen LogP contribution in [0.15, 0.2) is 54.6 Å². The summed E-state index contributed by atoms with van der Waals surface area (Å²) in [6.45, 7) is 2.20. The Kier molecular flexibility index (Phi) is 14.4. The van der Waals surface area contributed by atoms with Gasteiger partial charge in [0.05, 0.1) is 11.9 Å². The summed E-state index contributed by atoms with van der Waals surface area (Å²) in [5.41, 5.74) is 1.39. The number of hydrogen-bond acceptors (Lipinski definition) is 7. The van der Waals surface area contributed by atoms with Crippen molar-refractivity contribution in [3.05, 3.63) is 60.2 Å². The molecule has 0 aliphatic heterocycles. The summed E-state index contributed by atoms with van der Waals surface area (Å²) in [4.78, 5) is 21.5. The Hall–Kier alpha value is -1.96. The predicted molar refractivity (Wildman–Crippen MR) is 88.2 cm³/mol. The standard InChI is InChI=1S/C9H14N.C5H5.C4H6O6.Fe/c1-8(10(2)3)9-6-4-5-7-9;1-2-4-5-3-1;5-1(3(7)8)2(6)4(9)10;/h4-8H,1-3H3;1-5H;1-2,5-6H,(H,7,8)(H,9,10);/q-1;-5;;/p-2. The first kappa shape index (κ1) is 26.3. The molecular weight excluding hydrogens is 382 g/mol. The molecule has 3 unspecified atom stereocenters. The number of hydrogen-bond donors (Lipinski definition) is 2. The molecule has 2 aromatic rings. The van der Waals surface area contributed by atoms with Crippen molar-refractivity contribution in [1.29, 1.82) is 0 Å². The number of carbonyl (C=O) groups excluding carboxylic acids is 2. The van der Waals surface area contributed by atoms with Gasteiger partial charge in [-0.05, 0) is 20.1 Å². The fraction of sp³-hybridized carbons (Fsp3) is 0.333. The summed E-state index contributed by atoms with van der Waals surface area (Å²) in [5.74, 6) is -4.12. The van der Waals surface area contributed by atoms with Gasteiger partial charge < -0.3 is 65.2 Å². The Labute approximate surface area is 163 Å². The summed E-state index contributed by atoms with van der Waals surface area (Å²) in [6.07, 6.45) is -4.88. The van der Waals surface area contributed by atoms with E-state index in [1.54, 1.807) is 0 Å². The third-order valence-electron chi connectivity index (χ3n) is 3.28. The maximum Gasteiger partial charge on any atom is 0.124 e. The first-order valence-corrected chi connectivity index (χ1v) is 7.51. The molecule has 2 N–H and O–H groups in total. The molecule has 0 amide bonds. The van der Waals surface area contributed by atoms with Crippen LogP contribution < -0.4 is 10.2 Å². The number of carbonyl (C=O) groups is 2. The van der Waals surface area contributed by atoms with Crippen molar-refractivity contribution < 1.29 is 47.1 Å². The van der Waals surface area contributed by atoms with Crippen LogP contribution in [-0.4, -0.2) is 53.4 Å². The number of aliphatic carboxylic acids is 2. The van der Waals surface area contributed by atoms with E-state index in [0.717, 1.165) is 0 Å². The zero-order valence-electron chi connectivity index (χ0n) is 14.8. The van der Waals surface area contributed by atoms with Crippen LogP contribution in [0.25, 0.3) is 0 Å². The third kappa shape index (κ3) is 10.8. The fourth-order valence-electron chi connectivity index (χ4n) is 1.54. The van der Waals surface area contributed by atoms with Crippen molar-refractivity contribution in [3.63, 3.8) is 0 Å². The minimum Gasteiger partial charge on any atom is -0.748 e. The van der Waals surface area contributed by atoms with Gasteiger partial charge in [0.25, 0.3) is 0 Å². The Bertz CT molecular complexity index is 548. The fourth-order valence-corrected chi connectivity index (χ4v) is 1.54. The Morgan fingerprint density at radius 3 is 1.46 bits per heavy atom. The molecule has 2 aromatic carbocycles. The predicted octanol–water partition coefficient (Wildman–Crippen LogP) is -1.36. The molecule has 0 aromatic heterocycles. The minimum absolute atomic E-state index is 0.